The second kappa shape index (κ2) is 6.39. The smallest absolute Gasteiger partial charge is 0.239 e. The molecule has 21 heavy (non-hydrogen) atoms. The summed E-state index contributed by atoms with van der Waals surface area (Å²) >= 11 is 0. The molecule has 0 aliphatic carbocycles. The summed E-state index contributed by atoms with van der Waals surface area (Å²) < 4.78 is 5.23. The van der Waals surface area contributed by atoms with Gasteiger partial charge in [-0.05, 0) is 25.1 Å². The fourth-order valence-corrected chi connectivity index (χ4v) is 2.26. The number of amides is 2. The van der Waals surface area contributed by atoms with Crippen molar-refractivity contribution in [3.8, 4) is 5.75 Å². The Kier molecular flexibility index (Phi) is 4.57. The molecule has 0 radical (unpaired) electrons. The number of hydrogen-bond donors (Lipinski definition) is 1. The Morgan fingerprint density at radius 2 is 2.14 bits per heavy atom. The van der Waals surface area contributed by atoms with Crippen LogP contribution in [-0.4, -0.2) is 49.2 Å². The van der Waals surface area contributed by atoms with Crippen molar-refractivity contribution in [2.45, 2.75) is 13.3 Å². The van der Waals surface area contributed by atoms with E-state index in [1.54, 1.807) is 18.2 Å². The number of nitrogens with one attached hydrogen (secondary N) is 1. The molecule has 112 valence electrons. The van der Waals surface area contributed by atoms with Gasteiger partial charge < -0.3 is 15.0 Å². The Hall–Kier alpha value is -2.37. The Balaban J connectivity index is 2.17. The number of carbonyl (C=O) groups excluding carboxylic acids is 3. The maximum absolute atomic E-state index is 12.3. The van der Waals surface area contributed by atoms with Gasteiger partial charge in [-0.1, -0.05) is 0 Å². The lowest BCUT2D eigenvalue weighted by molar-refractivity contribution is -0.137. The highest BCUT2D eigenvalue weighted by atomic mass is 16.5. The molecule has 0 saturated carbocycles. The van der Waals surface area contributed by atoms with Crippen LogP contribution in [0.1, 0.15) is 22.8 Å². The summed E-state index contributed by atoms with van der Waals surface area (Å²) in [4.78, 5) is 36.5. The van der Waals surface area contributed by atoms with Gasteiger partial charge in [0, 0.05) is 24.2 Å². The van der Waals surface area contributed by atoms with Gasteiger partial charge in [0.15, 0.2) is 5.78 Å². The predicted molar refractivity (Wildman–Crippen MR) is 76.3 cm³/mol. The number of hydrogen-bond acceptors (Lipinski definition) is 4. The molecule has 2 rings (SSSR count). The molecule has 6 heteroatoms. The van der Waals surface area contributed by atoms with Gasteiger partial charge in [0.05, 0.1) is 20.1 Å². The lowest BCUT2D eigenvalue weighted by Crippen LogP contribution is -2.50. The van der Waals surface area contributed by atoms with Crippen LogP contribution in [0.2, 0.25) is 0 Å². The van der Waals surface area contributed by atoms with Gasteiger partial charge in [0.1, 0.15) is 5.75 Å². The van der Waals surface area contributed by atoms with E-state index in [0.29, 0.717) is 30.0 Å². The first-order valence-electron chi connectivity index (χ1n) is 6.73. The summed E-state index contributed by atoms with van der Waals surface area (Å²) in [5.41, 5.74) is 1.19. The zero-order valence-corrected chi connectivity index (χ0v) is 12.1. The molecule has 1 N–H and O–H groups in total. The number of methoxy groups -OCH3 is 1. The van der Waals surface area contributed by atoms with E-state index in [1.165, 1.54) is 18.9 Å². The first kappa shape index (κ1) is 15.0. The third-order valence-corrected chi connectivity index (χ3v) is 3.42. The van der Waals surface area contributed by atoms with E-state index in [2.05, 4.69) is 5.32 Å². The van der Waals surface area contributed by atoms with Crippen LogP contribution in [0.25, 0.3) is 0 Å². The van der Waals surface area contributed by atoms with Crippen LogP contribution in [-0.2, 0) is 16.0 Å². The van der Waals surface area contributed by atoms with Crippen molar-refractivity contribution < 1.29 is 19.1 Å². The number of ketones is 1. The summed E-state index contributed by atoms with van der Waals surface area (Å²) in [5.74, 6) is 0.196. The van der Waals surface area contributed by atoms with Crippen LogP contribution in [0.3, 0.4) is 0 Å². The highest BCUT2D eigenvalue weighted by Gasteiger charge is 2.22. The van der Waals surface area contributed by atoms with E-state index >= 15 is 0 Å². The topological polar surface area (TPSA) is 75.7 Å². The molecule has 0 spiro atoms. The Morgan fingerprint density at radius 3 is 2.76 bits per heavy atom. The Labute approximate surface area is 123 Å². The number of nitrogens with zero attached hydrogens (tertiary/aromatic N) is 1. The number of rotatable bonds is 4. The quantitative estimate of drug-likeness (QED) is 0.814. The van der Waals surface area contributed by atoms with Gasteiger partial charge in [-0.25, -0.2) is 0 Å². The minimum atomic E-state index is -0.154. The van der Waals surface area contributed by atoms with Gasteiger partial charge in [-0.3, -0.25) is 14.4 Å². The van der Waals surface area contributed by atoms with E-state index < -0.39 is 0 Å². The molecule has 1 aromatic rings. The van der Waals surface area contributed by atoms with E-state index in [0.717, 1.165) is 0 Å². The largest absolute Gasteiger partial charge is 0.496 e. The molecule has 1 fully saturated rings. The second-order valence-electron chi connectivity index (χ2n) is 4.92. The third kappa shape index (κ3) is 3.59. The zero-order valence-electron chi connectivity index (χ0n) is 12.1. The van der Waals surface area contributed by atoms with E-state index in [9.17, 15) is 14.4 Å². The summed E-state index contributed by atoms with van der Waals surface area (Å²) in [7, 11) is 1.52. The van der Waals surface area contributed by atoms with Crippen LogP contribution in [0, 0.1) is 0 Å². The molecule has 0 bridgehead atoms. The van der Waals surface area contributed by atoms with Crippen molar-refractivity contribution in [1.82, 2.24) is 10.2 Å². The summed E-state index contributed by atoms with van der Waals surface area (Å²) in [6.45, 7) is 2.52. The maximum Gasteiger partial charge on any atom is 0.239 e. The molecule has 1 aliphatic rings. The highest BCUT2D eigenvalue weighted by molar-refractivity contribution is 5.95. The SMILES string of the molecule is COc1ccc(C(C)=O)cc1CC(=O)N1CCNC(=O)C1. The first-order chi connectivity index (χ1) is 10.0. The fourth-order valence-electron chi connectivity index (χ4n) is 2.26. The van der Waals surface area contributed by atoms with Crippen molar-refractivity contribution in [3.63, 3.8) is 0 Å². The average Bonchev–Trinajstić information content (AvgIpc) is 2.47. The summed E-state index contributed by atoms with van der Waals surface area (Å²) in [5, 5.41) is 2.68. The van der Waals surface area contributed by atoms with Crippen molar-refractivity contribution in [1.29, 1.82) is 0 Å². The monoisotopic (exact) mass is 290 g/mol. The van der Waals surface area contributed by atoms with Crippen molar-refractivity contribution in [2.75, 3.05) is 26.7 Å². The minimum Gasteiger partial charge on any atom is -0.496 e. The fraction of sp³-hybridized carbons (Fsp3) is 0.400. The first-order valence-corrected chi connectivity index (χ1v) is 6.73. The standard InChI is InChI=1S/C15H18N2O4/c1-10(18)11-3-4-13(21-2)12(7-11)8-15(20)17-6-5-16-14(19)9-17/h3-4,7H,5-6,8-9H2,1-2H3,(H,16,19). The van der Waals surface area contributed by atoms with E-state index in [1.807, 2.05) is 0 Å². The molecule has 2 amide bonds. The van der Waals surface area contributed by atoms with Crippen LogP contribution >= 0.6 is 0 Å². The lowest BCUT2D eigenvalue weighted by atomic mass is 10.0. The molecule has 1 aromatic carbocycles. The van der Waals surface area contributed by atoms with E-state index in [4.69, 9.17) is 4.74 Å². The molecule has 0 atom stereocenters. The maximum atomic E-state index is 12.3. The Bertz CT molecular complexity index is 583. The summed E-state index contributed by atoms with van der Waals surface area (Å²) in [6, 6.07) is 5.02. The number of ether oxygens (including phenoxy) is 1. The number of piperazine rings is 1. The summed E-state index contributed by atoms with van der Waals surface area (Å²) in [6.07, 6.45) is 0.109. The van der Waals surface area contributed by atoms with Crippen molar-refractivity contribution in [3.05, 3.63) is 29.3 Å². The average molecular weight is 290 g/mol. The van der Waals surface area contributed by atoms with Crippen LogP contribution in [0.4, 0.5) is 0 Å². The van der Waals surface area contributed by atoms with Crippen molar-refractivity contribution >= 4 is 17.6 Å². The number of benzene rings is 1. The third-order valence-electron chi connectivity index (χ3n) is 3.42. The van der Waals surface area contributed by atoms with Gasteiger partial charge in [-0.2, -0.15) is 0 Å². The Morgan fingerprint density at radius 1 is 1.38 bits per heavy atom. The lowest BCUT2D eigenvalue weighted by Gasteiger charge is -2.27. The van der Waals surface area contributed by atoms with Gasteiger partial charge in [0.25, 0.3) is 0 Å². The molecule has 1 saturated heterocycles. The van der Waals surface area contributed by atoms with Crippen LogP contribution in [0.5, 0.6) is 5.75 Å². The molecular formula is C15H18N2O4. The van der Waals surface area contributed by atoms with Gasteiger partial charge in [-0.15, -0.1) is 0 Å². The molecule has 0 aromatic heterocycles. The van der Waals surface area contributed by atoms with Gasteiger partial charge >= 0.3 is 0 Å². The number of Topliss-reactive ketones (excluding diaryl/α,β-unsaturated/α-hetero) is 1. The normalized spacial score (nSPS) is 14.6. The molecule has 1 heterocycles. The van der Waals surface area contributed by atoms with Crippen LogP contribution in [0.15, 0.2) is 18.2 Å². The number of carbonyl (C=O) groups is 3. The molecular weight excluding hydrogens is 272 g/mol. The van der Waals surface area contributed by atoms with Gasteiger partial charge in [0.2, 0.25) is 11.8 Å². The molecule has 1 aliphatic heterocycles. The van der Waals surface area contributed by atoms with Crippen LogP contribution < -0.4 is 10.1 Å². The zero-order chi connectivity index (χ0) is 15.4. The molecule has 0 unspecified atom stereocenters. The minimum absolute atomic E-state index is 0.0660. The second-order valence-corrected chi connectivity index (χ2v) is 4.92. The predicted octanol–water partition coefficient (Wildman–Crippen LogP) is 0.399. The molecule has 6 nitrogen and oxygen atoms in total. The highest BCUT2D eigenvalue weighted by Crippen LogP contribution is 2.21. The van der Waals surface area contributed by atoms with Crippen molar-refractivity contribution in [2.24, 2.45) is 0 Å². The van der Waals surface area contributed by atoms with E-state index in [-0.39, 0.29) is 30.6 Å².